The van der Waals surface area contributed by atoms with Crippen LogP contribution in [0.15, 0.2) is 18.2 Å². The predicted octanol–water partition coefficient (Wildman–Crippen LogP) is 3.73. The van der Waals surface area contributed by atoms with E-state index in [1.54, 1.807) is 17.4 Å². The second kappa shape index (κ2) is 6.12. The van der Waals surface area contributed by atoms with Gasteiger partial charge in [0.15, 0.2) is 0 Å². The molecule has 1 fully saturated rings. The van der Waals surface area contributed by atoms with Gasteiger partial charge in [0.1, 0.15) is 23.2 Å². The van der Waals surface area contributed by atoms with E-state index in [4.69, 9.17) is 4.74 Å². The lowest BCUT2D eigenvalue weighted by molar-refractivity contribution is 0.303. The number of thiazole rings is 1. The molecule has 0 unspecified atom stereocenters. The summed E-state index contributed by atoms with van der Waals surface area (Å²) >= 11 is 1.62. The van der Waals surface area contributed by atoms with Crippen molar-refractivity contribution in [2.75, 3.05) is 0 Å². The van der Waals surface area contributed by atoms with Crippen LogP contribution in [0.1, 0.15) is 34.0 Å². The minimum absolute atomic E-state index is 0.258. The smallest absolute Gasteiger partial charge is 0.140 e. The number of halogens is 1. The third-order valence-corrected chi connectivity index (χ3v) is 4.58. The van der Waals surface area contributed by atoms with Crippen molar-refractivity contribution in [1.82, 2.24) is 10.3 Å². The van der Waals surface area contributed by atoms with Gasteiger partial charge in [0.2, 0.25) is 0 Å². The lowest BCUT2D eigenvalue weighted by Crippen LogP contribution is -2.15. The van der Waals surface area contributed by atoms with Crippen LogP contribution in [0.2, 0.25) is 0 Å². The molecule has 5 heteroatoms. The number of hydrogen-bond acceptors (Lipinski definition) is 4. The Hall–Kier alpha value is -1.46. The Bertz CT molecular complexity index is 618. The molecular weight excluding hydrogens is 287 g/mol. The van der Waals surface area contributed by atoms with E-state index in [-0.39, 0.29) is 5.82 Å². The van der Waals surface area contributed by atoms with E-state index in [0.717, 1.165) is 16.3 Å². The average Bonchev–Trinajstić information content (AvgIpc) is 3.21. The number of aromatic nitrogens is 1. The topological polar surface area (TPSA) is 34.1 Å². The molecule has 1 N–H and O–H groups in total. The third kappa shape index (κ3) is 4.02. The summed E-state index contributed by atoms with van der Waals surface area (Å²) in [5.41, 5.74) is 1.95. The molecule has 112 valence electrons. The highest BCUT2D eigenvalue weighted by atomic mass is 32.1. The number of benzene rings is 1. The van der Waals surface area contributed by atoms with Gasteiger partial charge in [0.05, 0.1) is 5.69 Å². The summed E-state index contributed by atoms with van der Waals surface area (Å²) in [5, 5.41) is 4.30. The van der Waals surface area contributed by atoms with Crippen molar-refractivity contribution in [3.05, 3.63) is 45.2 Å². The summed E-state index contributed by atoms with van der Waals surface area (Å²) in [6.45, 7) is 5.10. The van der Waals surface area contributed by atoms with Gasteiger partial charge in [0.25, 0.3) is 0 Å². The van der Waals surface area contributed by atoms with Gasteiger partial charge >= 0.3 is 0 Å². The van der Waals surface area contributed by atoms with Crippen LogP contribution in [0.4, 0.5) is 4.39 Å². The number of rotatable bonds is 6. The fraction of sp³-hybridized carbons (Fsp3) is 0.438. The largest absolute Gasteiger partial charge is 0.486 e. The molecule has 0 bridgehead atoms. The van der Waals surface area contributed by atoms with Crippen molar-refractivity contribution in [1.29, 1.82) is 0 Å². The normalized spacial score (nSPS) is 14.4. The van der Waals surface area contributed by atoms with Crippen LogP contribution in [-0.2, 0) is 13.2 Å². The van der Waals surface area contributed by atoms with Crippen LogP contribution in [0.3, 0.4) is 0 Å². The number of aryl methyl sites for hydroxylation is 2. The van der Waals surface area contributed by atoms with E-state index < -0.39 is 0 Å². The number of ether oxygens (including phenoxy) is 1. The monoisotopic (exact) mass is 306 g/mol. The van der Waals surface area contributed by atoms with Gasteiger partial charge in [-0.15, -0.1) is 11.3 Å². The first kappa shape index (κ1) is 14.5. The first-order valence-electron chi connectivity index (χ1n) is 7.19. The summed E-state index contributed by atoms with van der Waals surface area (Å²) < 4.78 is 19.3. The molecule has 1 aromatic carbocycles. The van der Waals surface area contributed by atoms with Crippen molar-refractivity contribution >= 4 is 11.3 Å². The van der Waals surface area contributed by atoms with Gasteiger partial charge in [0, 0.05) is 23.5 Å². The van der Waals surface area contributed by atoms with Crippen molar-refractivity contribution in [3.8, 4) is 5.75 Å². The van der Waals surface area contributed by atoms with E-state index in [9.17, 15) is 4.39 Å². The lowest BCUT2D eigenvalue weighted by Gasteiger charge is -2.08. The molecule has 1 aromatic heterocycles. The molecule has 0 atom stereocenters. The second-order valence-electron chi connectivity index (χ2n) is 5.49. The minimum atomic E-state index is -0.258. The van der Waals surface area contributed by atoms with Crippen molar-refractivity contribution < 1.29 is 9.13 Å². The first-order chi connectivity index (χ1) is 10.1. The molecule has 3 nitrogen and oxygen atoms in total. The zero-order valence-electron chi connectivity index (χ0n) is 12.3. The zero-order valence-corrected chi connectivity index (χ0v) is 13.1. The van der Waals surface area contributed by atoms with Crippen LogP contribution in [-0.4, -0.2) is 11.0 Å². The van der Waals surface area contributed by atoms with Gasteiger partial charge in [-0.3, -0.25) is 0 Å². The average molecular weight is 306 g/mol. The van der Waals surface area contributed by atoms with Crippen LogP contribution in [0.25, 0.3) is 0 Å². The van der Waals surface area contributed by atoms with Gasteiger partial charge in [-0.2, -0.15) is 0 Å². The highest BCUT2D eigenvalue weighted by Gasteiger charge is 2.20. The number of nitrogens with one attached hydrogen (secondary N) is 1. The van der Waals surface area contributed by atoms with E-state index in [0.29, 0.717) is 24.9 Å². The first-order valence-corrected chi connectivity index (χ1v) is 8.00. The molecule has 1 aliphatic rings. The molecule has 1 heterocycles. The molecule has 0 spiro atoms. The summed E-state index contributed by atoms with van der Waals surface area (Å²) in [6, 6.07) is 5.48. The summed E-state index contributed by atoms with van der Waals surface area (Å²) in [5.74, 6) is 0.305. The zero-order chi connectivity index (χ0) is 14.8. The predicted molar refractivity (Wildman–Crippen MR) is 82.2 cm³/mol. The maximum Gasteiger partial charge on any atom is 0.140 e. The number of hydrogen-bond donors (Lipinski definition) is 1. The molecule has 0 radical (unpaired) electrons. The highest BCUT2D eigenvalue weighted by Crippen LogP contribution is 2.23. The van der Waals surface area contributed by atoms with E-state index >= 15 is 0 Å². The minimum Gasteiger partial charge on any atom is -0.486 e. The molecular formula is C16H19FN2OS. The Morgan fingerprint density at radius 2 is 2.14 bits per heavy atom. The molecule has 21 heavy (non-hydrogen) atoms. The standard InChI is InChI=1S/C16H19FN2OS/c1-10-11(2)21-16(19-10)9-20-15-6-12(5-13(17)7-15)8-18-14-3-4-14/h5-7,14,18H,3-4,8-9H2,1-2H3. The quantitative estimate of drug-likeness (QED) is 0.883. The van der Waals surface area contributed by atoms with Gasteiger partial charge < -0.3 is 10.1 Å². The lowest BCUT2D eigenvalue weighted by atomic mass is 10.2. The molecule has 1 aliphatic carbocycles. The highest BCUT2D eigenvalue weighted by molar-refractivity contribution is 7.11. The second-order valence-corrected chi connectivity index (χ2v) is 6.78. The SMILES string of the molecule is Cc1nc(COc2cc(F)cc(CNC3CC3)c2)sc1C. The Morgan fingerprint density at radius 1 is 1.33 bits per heavy atom. The van der Waals surface area contributed by atoms with Gasteiger partial charge in [-0.1, -0.05) is 0 Å². The van der Waals surface area contributed by atoms with E-state index in [1.165, 1.54) is 23.8 Å². The van der Waals surface area contributed by atoms with Crippen molar-refractivity contribution in [2.24, 2.45) is 0 Å². The molecule has 0 aliphatic heterocycles. The van der Waals surface area contributed by atoms with Crippen LogP contribution in [0.5, 0.6) is 5.75 Å². The summed E-state index contributed by atoms with van der Waals surface area (Å²) in [4.78, 5) is 5.62. The molecule has 1 saturated carbocycles. The third-order valence-electron chi connectivity index (χ3n) is 3.54. The van der Waals surface area contributed by atoms with E-state index in [2.05, 4.69) is 10.3 Å². The van der Waals surface area contributed by atoms with Crippen LogP contribution >= 0.6 is 11.3 Å². The van der Waals surface area contributed by atoms with Gasteiger partial charge in [-0.05, 0) is 44.4 Å². The molecule has 0 saturated heterocycles. The maximum atomic E-state index is 13.6. The summed E-state index contributed by atoms with van der Waals surface area (Å²) in [6.07, 6.45) is 2.45. The van der Waals surface area contributed by atoms with E-state index in [1.807, 2.05) is 19.9 Å². The molecule has 0 amide bonds. The Kier molecular flexibility index (Phi) is 4.22. The summed E-state index contributed by atoms with van der Waals surface area (Å²) in [7, 11) is 0. The van der Waals surface area contributed by atoms with Gasteiger partial charge in [-0.25, -0.2) is 9.37 Å². The van der Waals surface area contributed by atoms with Crippen LogP contribution in [0, 0.1) is 19.7 Å². The Morgan fingerprint density at radius 3 is 2.81 bits per heavy atom. The Labute approximate surface area is 128 Å². The van der Waals surface area contributed by atoms with Crippen molar-refractivity contribution in [2.45, 2.75) is 45.9 Å². The number of nitrogens with zero attached hydrogens (tertiary/aromatic N) is 1. The fourth-order valence-electron chi connectivity index (χ4n) is 2.10. The molecule has 2 aromatic rings. The van der Waals surface area contributed by atoms with Crippen LogP contribution < -0.4 is 10.1 Å². The molecule has 3 rings (SSSR count). The maximum absolute atomic E-state index is 13.6. The Balaban J connectivity index is 1.63. The van der Waals surface area contributed by atoms with Crippen molar-refractivity contribution in [3.63, 3.8) is 0 Å². The fourth-order valence-corrected chi connectivity index (χ4v) is 2.95.